The zero-order valence-electron chi connectivity index (χ0n) is 28.6. The summed E-state index contributed by atoms with van der Waals surface area (Å²) < 4.78 is 105. The van der Waals surface area contributed by atoms with Crippen LogP contribution in [0.4, 0.5) is 24.7 Å². The summed E-state index contributed by atoms with van der Waals surface area (Å²) in [6.07, 6.45) is 3.54. The number of fused-ring (bicyclic) bond motifs is 10. The van der Waals surface area contributed by atoms with Crippen molar-refractivity contribution in [2.75, 3.05) is 67.7 Å². The van der Waals surface area contributed by atoms with E-state index in [0.29, 0.717) is 32.7 Å². The second-order valence-electron chi connectivity index (χ2n) is 12.3. The van der Waals surface area contributed by atoms with E-state index < -0.39 is 57.1 Å². The molecule has 10 nitrogen and oxygen atoms in total. The summed E-state index contributed by atoms with van der Waals surface area (Å²) >= 11 is 0. The maximum absolute atomic E-state index is 16.3. The van der Waals surface area contributed by atoms with Crippen LogP contribution in [-0.4, -0.2) is 85.3 Å². The number of anilines is 2. The lowest BCUT2D eigenvalue weighted by atomic mass is 9.85. The molecule has 0 unspecified atom stereocenters. The minimum atomic E-state index is -3.54. The van der Waals surface area contributed by atoms with E-state index in [2.05, 4.69) is 20.2 Å². The molecule has 14 heteroatoms. The predicted molar refractivity (Wildman–Crippen MR) is 171 cm³/mol. The number of piperidine rings is 1. The third kappa shape index (κ3) is 6.75. The average molecular weight is 666 g/mol. The van der Waals surface area contributed by atoms with E-state index in [0.717, 1.165) is 31.8 Å². The van der Waals surface area contributed by atoms with Crippen LogP contribution in [0.5, 0.6) is 0 Å². The van der Waals surface area contributed by atoms with Gasteiger partial charge in [-0.05, 0) is 64.7 Å². The number of aryl methyl sites for hydroxylation is 1. The van der Waals surface area contributed by atoms with Crippen molar-refractivity contribution in [1.82, 2.24) is 19.4 Å². The summed E-state index contributed by atoms with van der Waals surface area (Å²) in [5.74, 6) is -6.28. The van der Waals surface area contributed by atoms with Gasteiger partial charge in [0, 0.05) is 48.4 Å². The van der Waals surface area contributed by atoms with Gasteiger partial charge < -0.3 is 19.9 Å². The van der Waals surface area contributed by atoms with Crippen LogP contribution in [0.15, 0.2) is 35.4 Å². The highest BCUT2D eigenvalue weighted by Gasteiger charge is 2.45. The molecule has 1 atom stereocenters. The summed E-state index contributed by atoms with van der Waals surface area (Å²) in [6.45, 7) is -0.0963. The molecule has 0 aliphatic carbocycles. The zero-order chi connectivity index (χ0) is 35.0. The summed E-state index contributed by atoms with van der Waals surface area (Å²) in [7, 11) is -3.27. The Bertz CT molecular complexity index is 1820. The van der Waals surface area contributed by atoms with Gasteiger partial charge in [-0.15, -0.1) is 0 Å². The Labute approximate surface area is 271 Å². The van der Waals surface area contributed by atoms with Gasteiger partial charge in [0.2, 0.25) is 0 Å². The van der Waals surface area contributed by atoms with Crippen LogP contribution >= 0.6 is 0 Å². The highest BCUT2D eigenvalue weighted by Crippen LogP contribution is 2.43. The highest BCUT2D eigenvalue weighted by atomic mass is 32.2. The predicted octanol–water partition coefficient (Wildman–Crippen LogP) is 4.34. The largest absolute Gasteiger partial charge is 0.381 e. The average Bonchev–Trinajstić information content (AvgIpc) is 3.05. The monoisotopic (exact) mass is 665 g/mol. The number of nitrogens with one attached hydrogen (secondary N) is 1. The number of pyridine rings is 1. The molecule has 1 N–H and O–H groups in total. The lowest BCUT2D eigenvalue weighted by molar-refractivity contribution is -0.0880. The summed E-state index contributed by atoms with van der Waals surface area (Å²) in [4.78, 5) is 26.3. The minimum absolute atomic E-state index is 0.0481. The Morgan fingerprint density at radius 2 is 1.78 bits per heavy atom. The highest BCUT2D eigenvalue weighted by molar-refractivity contribution is 7.91. The molecular formula is C32H41F3N6O4S. The molecule has 0 radical (unpaired) electrons. The molecule has 2 fully saturated rings. The summed E-state index contributed by atoms with van der Waals surface area (Å²) in [5.41, 5.74) is -1.37. The minimum Gasteiger partial charge on any atom is -0.381 e. The van der Waals surface area contributed by atoms with Crippen molar-refractivity contribution in [3.05, 3.63) is 57.9 Å². The smallest absolute Gasteiger partial charge is 0.278 e. The first-order valence-electron chi connectivity index (χ1n) is 17.3. The number of alkyl halides is 2. The van der Waals surface area contributed by atoms with Crippen LogP contribution in [0.1, 0.15) is 60.2 Å². The molecule has 6 heterocycles. The number of halogens is 3. The lowest BCUT2D eigenvalue weighted by Crippen LogP contribution is -2.43. The topological polar surface area (TPSA) is 110 Å². The second kappa shape index (κ2) is 13.5. The fourth-order valence-electron chi connectivity index (χ4n) is 6.62. The first-order chi connectivity index (χ1) is 23.3. The Kier molecular flexibility index (Phi) is 8.48. The fraction of sp³-hybridized carbons (Fsp3) is 0.594. The van der Waals surface area contributed by atoms with Crippen LogP contribution in [0.25, 0.3) is 11.0 Å². The van der Waals surface area contributed by atoms with Crippen molar-refractivity contribution in [3.63, 3.8) is 0 Å². The van der Waals surface area contributed by atoms with Gasteiger partial charge in [0.05, 0.1) is 28.5 Å². The van der Waals surface area contributed by atoms with Crippen molar-refractivity contribution in [3.8, 4) is 0 Å². The van der Waals surface area contributed by atoms with Crippen molar-refractivity contribution < 1.29 is 30.4 Å². The third-order valence-corrected chi connectivity index (χ3v) is 10.9. The molecule has 250 valence electrons. The summed E-state index contributed by atoms with van der Waals surface area (Å²) in [5, 5.41) is 3.04. The van der Waals surface area contributed by atoms with Crippen LogP contribution < -0.4 is 15.8 Å². The van der Waals surface area contributed by atoms with E-state index in [4.69, 9.17) is 8.85 Å². The number of sulfone groups is 1. The summed E-state index contributed by atoms with van der Waals surface area (Å²) in [6, 6.07) is 3.13. The first-order valence-corrected chi connectivity index (χ1v) is 17.7. The molecule has 8 bridgehead atoms. The quantitative estimate of drug-likeness (QED) is 0.406. The number of hydrogen-bond donors (Lipinski definition) is 1. The number of rotatable bonds is 1. The number of nitrogens with zero attached hydrogens (tertiary/aromatic N) is 5. The van der Waals surface area contributed by atoms with Gasteiger partial charge in [-0.25, -0.2) is 31.6 Å². The van der Waals surface area contributed by atoms with Crippen LogP contribution in [0, 0.1) is 11.7 Å². The Balaban J connectivity index is 1.46. The van der Waals surface area contributed by atoms with Gasteiger partial charge in [0.1, 0.15) is 29.3 Å². The van der Waals surface area contributed by atoms with E-state index in [9.17, 15) is 13.2 Å². The van der Waals surface area contributed by atoms with Crippen molar-refractivity contribution in [1.29, 1.82) is 0 Å². The van der Waals surface area contributed by atoms with E-state index in [1.807, 2.05) is 0 Å². The maximum Gasteiger partial charge on any atom is 0.278 e. The van der Waals surface area contributed by atoms with Crippen LogP contribution in [0.3, 0.4) is 0 Å². The molecule has 4 aliphatic heterocycles. The Hall–Kier alpha value is -3.23. The van der Waals surface area contributed by atoms with Crippen molar-refractivity contribution >= 4 is 32.4 Å². The van der Waals surface area contributed by atoms with E-state index >= 15 is 13.2 Å². The van der Waals surface area contributed by atoms with Gasteiger partial charge in [0.15, 0.2) is 9.84 Å². The van der Waals surface area contributed by atoms with Gasteiger partial charge in [-0.3, -0.25) is 9.36 Å². The number of aromatic nitrogens is 3. The maximum atomic E-state index is 16.3. The second-order valence-corrected chi connectivity index (χ2v) is 14.6. The molecule has 7 rings (SSSR count). The first kappa shape index (κ1) is 29.0. The Morgan fingerprint density at radius 1 is 1.02 bits per heavy atom. The molecule has 3 aromatic rings. The number of ether oxygens (including phenoxy) is 1. The van der Waals surface area contributed by atoms with E-state index in [1.165, 1.54) is 22.8 Å². The van der Waals surface area contributed by atoms with Gasteiger partial charge in [-0.2, -0.15) is 0 Å². The third-order valence-electron chi connectivity index (χ3n) is 9.31. The van der Waals surface area contributed by atoms with Crippen LogP contribution in [-0.2, 0) is 27.0 Å². The van der Waals surface area contributed by atoms with Gasteiger partial charge in [-0.1, -0.05) is 18.2 Å². The molecule has 0 amide bonds. The van der Waals surface area contributed by atoms with Crippen molar-refractivity contribution in [2.45, 2.75) is 57.5 Å². The van der Waals surface area contributed by atoms with E-state index in [-0.39, 0.29) is 66.5 Å². The molecule has 2 saturated heterocycles. The van der Waals surface area contributed by atoms with Crippen LogP contribution in [0.2, 0.25) is 0 Å². The number of hydrogen-bond acceptors (Lipinski definition) is 9. The molecule has 1 aromatic carbocycles. The fourth-order valence-corrected chi connectivity index (χ4v) is 7.82. The molecule has 0 saturated carbocycles. The number of benzene rings is 1. The van der Waals surface area contributed by atoms with Gasteiger partial charge >= 0.3 is 0 Å². The normalized spacial score (nSPS) is 27.1. The van der Waals surface area contributed by atoms with E-state index in [1.54, 1.807) is 4.90 Å². The standard InChI is InChI=1S/C32H41F3N6O4S/c1-22-24-6-4-7-26(28(24)33)32(34,35)23-8-12-39(13-9-23)10-2-3-16-45-17-5-11-41-30-25(29(38-22)36-21-37-30)20-27(31(41)42)40-14-18-46(43,44)19-15-40/h4,6-7,20-23H,2-3,5,8-19H2,1H3,(H,36,37,38)/t22-/m1/s1/i1D3. The molecular weight excluding hydrogens is 621 g/mol. The molecule has 0 spiro atoms. The van der Waals surface area contributed by atoms with Gasteiger partial charge in [0.25, 0.3) is 11.5 Å². The Morgan fingerprint density at radius 3 is 2.54 bits per heavy atom. The lowest BCUT2D eigenvalue weighted by Gasteiger charge is -2.36. The van der Waals surface area contributed by atoms with Crippen molar-refractivity contribution in [2.24, 2.45) is 5.92 Å². The molecule has 4 aliphatic rings. The zero-order valence-corrected chi connectivity index (χ0v) is 26.4. The molecule has 2 aromatic heterocycles. The molecule has 46 heavy (non-hydrogen) atoms. The SMILES string of the molecule is [2H]C([2H])([2H])[C@H]1Nc2ncnc3c2cc(N2CCS(=O)(=O)CC2)c(=O)n3CCCOCCCCN2CCC(CC2)C(F)(F)c2cccc1c2F.